The molecule has 188 valence electrons. The van der Waals surface area contributed by atoms with E-state index in [1.807, 2.05) is 32.9 Å². The van der Waals surface area contributed by atoms with Gasteiger partial charge in [-0.05, 0) is 67.5 Å². The van der Waals surface area contributed by atoms with Crippen molar-refractivity contribution in [3.05, 3.63) is 47.0 Å². The molecule has 1 heterocycles. The summed E-state index contributed by atoms with van der Waals surface area (Å²) in [6.45, 7) is 8.32. The number of benzene rings is 3. The summed E-state index contributed by atoms with van der Waals surface area (Å²) >= 11 is 0. The zero-order valence-corrected chi connectivity index (χ0v) is 21.2. The van der Waals surface area contributed by atoms with Crippen molar-refractivity contribution in [1.82, 2.24) is 4.90 Å². The fourth-order valence-corrected chi connectivity index (χ4v) is 5.21. The zero-order chi connectivity index (χ0) is 26.3. The number of carbonyl (C=O) groups excluding carboxylic acids is 3. The number of amides is 1. The van der Waals surface area contributed by atoms with E-state index in [9.17, 15) is 19.5 Å². The Hall–Kier alpha value is -4.07. The van der Waals surface area contributed by atoms with Crippen LogP contribution in [0.3, 0.4) is 0 Å². The SMILES string of the molecule is COc1cc(C)cc2c(-c3c(OC(C)=O)cc(OC(C)=O)c4c3C[C@@H](C)N(C=O)[C@@H]4C)ccc(O)c12. The summed E-state index contributed by atoms with van der Waals surface area (Å²) < 4.78 is 16.8. The Morgan fingerprint density at radius 1 is 1.03 bits per heavy atom. The highest BCUT2D eigenvalue weighted by atomic mass is 16.5. The molecule has 0 spiro atoms. The average molecular weight is 492 g/mol. The third-order valence-electron chi connectivity index (χ3n) is 6.59. The van der Waals surface area contributed by atoms with Crippen LogP contribution in [0.2, 0.25) is 0 Å². The van der Waals surface area contributed by atoms with Gasteiger partial charge in [-0.1, -0.05) is 6.07 Å². The minimum absolute atomic E-state index is 0.0545. The summed E-state index contributed by atoms with van der Waals surface area (Å²) in [5, 5.41) is 12.0. The number of aryl methyl sites for hydroxylation is 1. The van der Waals surface area contributed by atoms with Crippen LogP contribution in [0.25, 0.3) is 21.9 Å². The van der Waals surface area contributed by atoms with E-state index in [4.69, 9.17) is 14.2 Å². The van der Waals surface area contributed by atoms with Crippen molar-refractivity contribution < 1.29 is 33.7 Å². The fourth-order valence-electron chi connectivity index (χ4n) is 5.21. The summed E-state index contributed by atoms with van der Waals surface area (Å²) in [6, 6.07) is 8.08. The van der Waals surface area contributed by atoms with Crippen LogP contribution in [0.4, 0.5) is 0 Å². The van der Waals surface area contributed by atoms with E-state index in [1.54, 1.807) is 17.0 Å². The smallest absolute Gasteiger partial charge is 0.308 e. The number of esters is 2. The van der Waals surface area contributed by atoms with Crippen molar-refractivity contribution in [3.8, 4) is 34.1 Å². The molecule has 0 bridgehead atoms. The minimum atomic E-state index is -0.534. The molecule has 3 aromatic carbocycles. The Morgan fingerprint density at radius 3 is 2.31 bits per heavy atom. The molecular weight excluding hydrogens is 462 g/mol. The second-order valence-corrected chi connectivity index (χ2v) is 9.13. The van der Waals surface area contributed by atoms with Gasteiger partial charge >= 0.3 is 11.9 Å². The third kappa shape index (κ3) is 4.23. The lowest BCUT2D eigenvalue weighted by Gasteiger charge is -2.39. The Balaban J connectivity index is 2.17. The first-order valence-corrected chi connectivity index (χ1v) is 11.7. The van der Waals surface area contributed by atoms with Gasteiger partial charge in [-0.2, -0.15) is 0 Å². The van der Waals surface area contributed by atoms with Gasteiger partial charge in [-0.25, -0.2) is 0 Å². The van der Waals surface area contributed by atoms with Crippen molar-refractivity contribution in [2.24, 2.45) is 0 Å². The first-order valence-electron chi connectivity index (χ1n) is 11.7. The van der Waals surface area contributed by atoms with Crippen LogP contribution in [-0.4, -0.2) is 41.5 Å². The van der Waals surface area contributed by atoms with Crippen molar-refractivity contribution >= 4 is 29.1 Å². The molecule has 0 radical (unpaired) electrons. The normalized spacial score (nSPS) is 16.9. The van der Waals surface area contributed by atoms with Crippen LogP contribution in [0.1, 0.15) is 50.4 Å². The van der Waals surface area contributed by atoms with E-state index in [0.717, 1.165) is 17.5 Å². The first-order chi connectivity index (χ1) is 17.1. The molecule has 1 aliphatic heterocycles. The van der Waals surface area contributed by atoms with Crippen LogP contribution in [0.5, 0.6) is 23.0 Å². The zero-order valence-electron chi connectivity index (χ0n) is 21.2. The van der Waals surface area contributed by atoms with Gasteiger partial charge < -0.3 is 24.2 Å². The molecule has 0 aromatic heterocycles. The van der Waals surface area contributed by atoms with E-state index < -0.39 is 18.0 Å². The maximum absolute atomic E-state index is 12.2. The van der Waals surface area contributed by atoms with Gasteiger partial charge in [0.1, 0.15) is 23.0 Å². The van der Waals surface area contributed by atoms with Crippen LogP contribution < -0.4 is 14.2 Å². The molecule has 0 unspecified atom stereocenters. The second kappa shape index (κ2) is 9.53. The summed E-state index contributed by atoms with van der Waals surface area (Å²) in [6.07, 6.45) is 1.22. The van der Waals surface area contributed by atoms with E-state index in [0.29, 0.717) is 39.6 Å². The number of methoxy groups -OCH3 is 1. The highest BCUT2D eigenvalue weighted by Crippen LogP contribution is 2.50. The van der Waals surface area contributed by atoms with Gasteiger partial charge in [0, 0.05) is 37.1 Å². The van der Waals surface area contributed by atoms with Gasteiger partial charge in [0.05, 0.1) is 18.5 Å². The maximum Gasteiger partial charge on any atom is 0.308 e. The molecule has 1 N–H and O–H groups in total. The summed E-state index contributed by atoms with van der Waals surface area (Å²) in [4.78, 5) is 37.7. The molecule has 0 saturated carbocycles. The number of ether oxygens (including phenoxy) is 3. The molecule has 2 atom stereocenters. The highest BCUT2D eigenvalue weighted by molar-refractivity contribution is 6.05. The van der Waals surface area contributed by atoms with Gasteiger partial charge in [-0.15, -0.1) is 0 Å². The summed E-state index contributed by atoms with van der Waals surface area (Å²) in [5.74, 6) is -0.0352. The lowest BCUT2D eigenvalue weighted by atomic mass is 9.82. The van der Waals surface area contributed by atoms with Gasteiger partial charge in [0.15, 0.2) is 0 Å². The van der Waals surface area contributed by atoms with Crippen molar-refractivity contribution in [1.29, 1.82) is 0 Å². The van der Waals surface area contributed by atoms with Crippen molar-refractivity contribution in [2.45, 2.75) is 53.1 Å². The van der Waals surface area contributed by atoms with E-state index in [1.165, 1.54) is 27.0 Å². The Morgan fingerprint density at radius 2 is 1.69 bits per heavy atom. The topological polar surface area (TPSA) is 102 Å². The summed E-state index contributed by atoms with van der Waals surface area (Å²) in [7, 11) is 1.54. The molecule has 8 nitrogen and oxygen atoms in total. The number of aromatic hydroxyl groups is 1. The summed E-state index contributed by atoms with van der Waals surface area (Å²) in [5.41, 5.74) is 3.74. The number of nitrogens with zero attached hydrogens (tertiary/aromatic N) is 1. The fraction of sp³-hybridized carbons (Fsp3) is 0.321. The lowest BCUT2D eigenvalue weighted by Crippen LogP contribution is -2.40. The monoisotopic (exact) mass is 491 g/mol. The third-order valence-corrected chi connectivity index (χ3v) is 6.59. The number of rotatable bonds is 5. The van der Waals surface area contributed by atoms with E-state index >= 15 is 0 Å². The number of hydrogen-bond donors (Lipinski definition) is 1. The number of phenolic OH excluding ortho intramolecular Hbond substituents is 1. The quantitative estimate of drug-likeness (QED) is 0.309. The molecule has 1 aliphatic rings. The van der Waals surface area contributed by atoms with Gasteiger partial charge in [0.25, 0.3) is 0 Å². The average Bonchev–Trinajstić information content (AvgIpc) is 2.78. The molecule has 3 aromatic rings. The highest BCUT2D eigenvalue weighted by Gasteiger charge is 2.35. The molecule has 1 amide bonds. The second-order valence-electron chi connectivity index (χ2n) is 9.13. The predicted molar refractivity (Wildman–Crippen MR) is 134 cm³/mol. The Labute approximate surface area is 209 Å². The maximum atomic E-state index is 12.2. The van der Waals surface area contributed by atoms with Gasteiger partial charge in [-0.3, -0.25) is 14.4 Å². The number of phenols is 1. The molecule has 4 rings (SSSR count). The van der Waals surface area contributed by atoms with E-state index in [-0.39, 0.29) is 23.3 Å². The van der Waals surface area contributed by atoms with Gasteiger partial charge in [0.2, 0.25) is 6.41 Å². The Kier molecular flexibility index (Phi) is 6.63. The molecule has 0 saturated heterocycles. The largest absolute Gasteiger partial charge is 0.507 e. The number of fused-ring (bicyclic) bond motifs is 2. The molecule has 8 heteroatoms. The Bertz CT molecular complexity index is 1390. The van der Waals surface area contributed by atoms with E-state index in [2.05, 4.69) is 0 Å². The lowest BCUT2D eigenvalue weighted by molar-refractivity contribution is -0.132. The molecule has 0 aliphatic carbocycles. The van der Waals surface area contributed by atoms with Crippen molar-refractivity contribution in [3.63, 3.8) is 0 Å². The van der Waals surface area contributed by atoms with Crippen LogP contribution in [0, 0.1) is 6.92 Å². The molecular formula is C28H29NO7. The first kappa shape index (κ1) is 25.0. The number of carbonyl (C=O) groups is 3. The van der Waals surface area contributed by atoms with Crippen LogP contribution in [-0.2, 0) is 20.8 Å². The predicted octanol–water partition coefficient (Wildman–Crippen LogP) is 4.84. The van der Waals surface area contributed by atoms with Crippen LogP contribution in [0.15, 0.2) is 30.3 Å². The minimum Gasteiger partial charge on any atom is -0.507 e. The standard InChI is InChI=1S/C28H29NO7/c1-14-9-20-19(7-8-22(33)28(20)23(10-14)34-6)27-21-11-15(2)29(13-30)16(3)26(21)24(35-17(4)31)12-25(27)36-18(5)32/h7-10,12-13,15-16,33H,11H2,1-6H3/t15-,16-/m1/s1. The van der Waals surface area contributed by atoms with Crippen molar-refractivity contribution in [2.75, 3.05) is 7.11 Å². The molecule has 36 heavy (non-hydrogen) atoms. The molecule has 0 fully saturated rings. The number of hydrogen-bond acceptors (Lipinski definition) is 7. The van der Waals surface area contributed by atoms with Crippen LogP contribution >= 0.6 is 0 Å².